The number of carbonyl (C=O) groups excluding carboxylic acids is 3. The van der Waals surface area contributed by atoms with Gasteiger partial charge in [0, 0.05) is 47.6 Å². The van der Waals surface area contributed by atoms with E-state index >= 15 is 0 Å². The molecule has 0 spiro atoms. The van der Waals surface area contributed by atoms with Gasteiger partial charge >= 0.3 is 6.09 Å². The fourth-order valence-electron chi connectivity index (χ4n) is 3.00. The molecule has 0 radical (unpaired) electrons. The number of hydrogen-bond donors (Lipinski definition) is 7. The van der Waals surface area contributed by atoms with Crippen LogP contribution in [0.3, 0.4) is 0 Å². The second-order valence-electron chi connectivity index (χ2n) is 7.94. The van der Waals surface area contributed by atoms with Gasteiger partial charge in [0.05, 0.1) is 6.54 Å². The average molecular weight is 544 g/mol. The molecule has 0 heterocycles. The number of aliphatic hydroxyl groups is 1. The van der Waals surface area contributed by atoms with Crippen molar-refractivity contribution in [3.05, 3.63) is 0 Å². The van der Waals surface area contributed by atoms with Crippen molar-refractivity contribution in [3.63, 3.8) is 0 Å². The molecule has 0 aromatic carbocycles. The smallest absolute Gasteiger partial charge is 0.408 e. The van der Waals surface area contributed by atoms with E-state index in [2.05, 4.69) is 20.6 Å². The van der Waals surface area contributed by atoms with Crippen LogP contribution in [0.1, 0.15) is 33.1 Å². The van der Waals surface area contributed by atoms with Crippen molar-refractivity contribution in [2.75, 3.05) is 46.0 Å². The first-order chi connectivity index (χ1) is 16.8. The third kappa shape index (κ3) is 18.7. The number of nitrogens with zero attached hydrogens (tertiary/aromatic N) is 1. The summed E-state index contributed by atoms with van der Waals surface area (Å²) >= 11 is 0. The van der Waals surface area contributed by atoms with E-state index < -0.39 is 28.8 Å². The molecule has 204 valence electrons. The maximum Gasteiger partial charge on any atom is 0.408 e. The van der Waals surface area contributed by atoms with E-state index in [0.29, 0.717) is 58.9 Å². The van der Waals surface area contributed by atoms with Gasteiger partial charge < -0.3 is 40.2 Å². The van der Waals surface area contributed by atoms with Crippen LogP contribution in [-0.2, 0) is 23.7 Å². The van der Waals surface area contributed by atoms with E-state index in [4.69, 9.17) is 24.6 Å². The SMILES string of the molecule is CC(C)C[C@H](BOCCCN(CCCO)CCOC(=O)NC(PO)P(O)OO)NC(=O)CNC=O. The Kier molecular flexibility index (Phi) is 21.4. The Balaban J connectivity index is 4.38. The minimum Gasteiger partial charge on any atom is -0.448 e. The maximum absolute atomic E-state index is 11.8. The zero-order valence-corrected chi connectivity index (χ0v) is 22.1. The average Bonchev–Trinajstić information content (AvgIpc) is 2.82. The van der Waals surface area contributed by atoms with Crippen LogP contribution in [0.5, 0.6) is 0 Å². The Morgan fingerprint density at radius 1 is 1.17 bits per heavy atom. The molecule has 0 aromatic rings. The molecular weight excluding hydrogens is 505 g/mol. The molecule has 35 heavy (non-hydrogen) atoms. The van der Waals surface area contributed by atoms with E-state index in [9.17, 15) is 19.3 Å². The Morgan fingerprint density at radius 2 is 1.89 bits per heavy atom. The van der Waals surface area contributed by atoms with Gasteiger partial charge in [-0.25, -0.2) is 10.1 Å². The summed E-state index contributed by atoms with van der Waals surface area (Å²) in [6.07, 6.45) is 1.54. The third-order valence-corrected chi connectivity index (χ3v) is 6.64. The van der Waals surface area contributed by atoms with Gasteiger partial charge in [-0.05, 0) is 25.2 Å². The van der Waals surface area contributed by atoms with Crippen molar-refractivity contribution in [1.29, 1.82) is 0 Å². The normalized spacial score (nSPS) is 14.1. The largest absolute Gasteiger partial charge is 0.448 e. The van der Waals surface area contributed by atoms with Gasteiger partial charge in [-0.2, -0.15) is 4.67 Å². The summed E-state index contributed by atoms with van der Waals surface area (Å²) < 4.78 is 14.5. The number of carbonyl (C=O) groups is 3. The van der Waals surface area contributed by atoms with E-state index in [1.807, 2.05) is 18.7 Å². The lowest BCUT2D eigenvalue weighted by atomic mass is 9.81. The molecule has 0 fully saturated rings. The van der Waals surface area contributed by atoms with Crippen LogP contribution in [0.25, 0.3) is 0 Å². The zero-order valence-electron chi connectivity index (χ0n) is 20.2. The van der Waals surface area contributed by atoms with Crippen LogP contribution in [0.15, 0.2) is 0 Å². The summed E-state index contributed by atoms with van der Waals surface area (Å²) in [5.41, 5.74) is -1.16. The Morgan fingerprint density at radius 3 is 2.49 bits per heavy atom. The predicted molar refractivity (Wildman–Crippen MR) is 133 cm³/mol. The quantitative estimate of drug-likeness (QED) is 0.0222. The van der Waals surface area contributed by atoms with Gasteiger partial charge in [0.25, 0.3) is 7.48 Å². The molecule has 14 nitrogen and oxygen atoms in total. The predicted octanol–water partition coefficient (Wildman–Crippen LogP) is -0.947. The number of aliphatic hydroxyl groups excluding tert-OH is 1. The molecule has 0 aliphatic heterocycles. The second kappa shape index (κ2) is 22.1. The fourth-order valence-corrected chi connectivity index (χ4v) is 4.03. The summed E-state index contributed by atoms with van der Waals surface area (Å²) in [7, 11) is -2.98. The van der Waals surface area contributed by atoms with Crippen LogP contribution >= 0.6 is 17.2 Å². The van der Waals surface area contributed by atoms with Crippen molar-refractivity contribution >= 4 is 43.1 Å². The minimum atomic E-state index is -2.43. The van der Waals surface area contributed by atoms with Crippen molar-refractivity contribution in [1.82, 2.24) is 20.9 Å². The summed E-state index contributed by atoms with van der Waals surface area (Å²) in [6.45, 7) is 6.07. The molecular formula is C18H39BN4O10P2. The first-order valence-corrected chi connectivity index (χ1v) is 13.6. The van der Waals surface area contributed by atoms with Gasteiger partial charge in [-0.15, -0.1) is 0 Å². The van der Waals surface area contributed by atoms with E-state index in [0.717, 1.165) is 6.42 Å². The molecule has 17 heteroatoms. The highest BCUT2D eigenvalue weighted by Gasteiger charge is 2.24. The highest BCUT2D eigenvalue weighted by atomic mass is 31.2. The fraction of sp³-hybridized carbons (Fsp3) is 0.833. The summed E-state index contributed by atoms with van der Waals surface area (Å²) in [5, 5.41) is 24.9. The number of rotatable bonds is 22. The van der Waals surface area contributed by atoms with Gasteiger partial charge in [0.15, 0.2) is 0 Å². The molecule has 0 aliphatic rings. The monoisotopic (exact) mass is 544 g/mol. The van der Waals surface area contributed by atoms with Gasteiger partial charge in [0.2, 0.25) is 20.7 Å². The first kappa shape index (κ1) is 33.9. The lowest BCUT2D eigenvalue weighted by Crippen LogP contribution is -2.44. The molecule has 7 N–H and O–H groups in total. The Labute approximate surface area is 209 Å². The molecule has 0 saturated heterocycles. The van der Waals surface area contributed by atoms with Crippen LogP contribution in [0.4, 0.5) is 4.79 Å². The molecule has 0 aliphatic carbocycles. The van der Waals surface area contributed by atoms with Crippen molar-refractivity contribution < 1.29 is 48.6 Å². The van der Waals surface area contributed by atoms with E-state index in [-0.39, 0.29) is 31.6 Å². The molecule has 0 aromatic heterocycles. The van der Waals surface area contributed by atoms with Crippen LogP contribution in [0, 0.1) is 5.92 Å². The third-order valence-electron chi connectivity index (χ3n) is 4.50. The van der Waals surface area contributed by atoms with Crippen LogP contribution in [-0.4, -0.2) is 108 Å². The maximum atomic E-state index is 11.8. The van der Waals surface area contributed by atoms with E-state index in [1.165, 1.54) is 0 Å². The number of ether oxygens (including phenoxy) is 1. The van der Waals surface area contributed by atoms with Crippen molar-refractivity contribution in [2.45, 2.75) is 44.6 Å². The molecule has 0 rings (SSSR count). The highest BCUT2D eigenvalue weighted by Crippen LogP contribution is 2.42. The Hall–Kier alpha value is -1.15. The molecule has 0 bridgehead atoms. The molecule has 3 unspecified atom stereocenters. The Bertz CT molecular complexity index is 585. The summed E-state index contributed by atoms with van der Waals surface area (Å²) in [5.74, 6) is -0.105. The number of amides is 3. The number of nitrogens with one attached hydrogen (secondary N) is 3. The lowest BCUT2D eigenvalue weighted by molar-refractivity contribution is -0.136. The summed E-state index contributed by atoms with van der Waals surface area (Å²) in [6, 6.07) is 0. The number of hydrogen-bond acceptors (Lipinski definition) is 11. The number of alkyl carbamates (subject to hydrolysis) is 1. The highest BCUT2D eigenvalue weighted by molar-refractivity contribution is 7.59. The minimum absolute atomic E-state index is 0.0181. The van der Waals surface area contributed by atoms with Crippen molar-refractivity contribution in [3.8, 4) is 0 Å². The van der Waals surface area contributed by atoms with Crippen LogP contribution in [0.2, 0.25) is 0 Å². The van der Waals surface area contributed by atoms with Gasteiger partial charge in [-0.1, -0.05) is 13.8 Å². The second-order valence-corrected chi connectivity index (χ2v) is 10.5. The molecule has 4 atom stereocenters. The zero-order chi connectivity index (χ0) is 26.5. The van der Waals surface area contributed by atoms with Crippen molar-refractivity contribution in [2.24, 2.45) is 5.92 Å². The van der Waals surface area contributed by atoms with Gasteiger partial charge in [-0.3, -0.25) is 14.5 Å². The van der Waals surface area contributed by atoms with Gasteiger partial charge in [0.1, 0.15) is 12.1 Å². The first-order valence-electron chi connectivity index (χ1n) is 11.3. The standard InChI is InChI=1S/C18H39BN4O10P2/c1-14(2)11-15(21-16(26)12-20-13-25)19-32-9-4-6-23(5-3-8-24)7-10-31-17(27)22-18(34-29)35(30)33-28/h13-15,18-19,24,28-30,34H,3-12H2,1-2H3,(H,20,25)(H,21,26)(H,22,27)/t15-,18?,35?/m1/s1. The summed E-state index contributed by atoms with van der Waals surface area (Å²) in [4.78, 5) is 54.5. The molecule has 3 amide bonds. The lowest BCUT2D eigenvalue weighted by Gasteiger charge is -2.23. The topological polar surface area (TPSA) is 199 Å². The van der Waals surface area contributed by atoms with Crippen LogP contribution < -0.4 is 16.0 Å². The molecule has 0 saturated carbocycles. The van der Waals surface area contributed by atoms with E-state index in [1.54, 1.807) is 0 Å².